The number of alkyl halides is 2. The van der Waals surface area contributed by atoms with E-state index < -0.39 is 51.5 Å². The molecule has 0 aromatic heterocycles. The number of aryl methyl sites for hydroxylation is 1. The molecule has 0 amide bonds. The molecule has 164 valence electrons. The van der Waals surface area contributed by atoms with E-state index in [0.717, 1.165) is 30.3 Å². The molecule has 1 nitrogen and oxygen atoms in total. The molecule has 0 unspecified atom stereocenters. The Hall–Kier alpha value is -2.74. The molecule has 0 saturated carbocycles. The average Bonchev–Trinajstić information content (AvgIpc) is 2.69. The third-order valence-electron chi connectivity index (χ3n) is 4.48. The van der Waals surface area contributed by atoms with Crippen molar-refractivity contribution < 1.29 is 35.5 Å². The molecule has 0 fully saturated rings. The van der Waals surface area contributed by atoms with E-state index in [4.69, 9.17) is 11.6 Å². The van der Waals surface area contributed by atoms with Crippen molar-refractivity contribution in [2.45, 2.75) is 25.9 Å². The van der Waals surface area contributed by atoms with Crippen molar-refractivity contribution >= 4 is 11.6 Å². The highest BCUT2D eigenvalue weighted by atomic mass is 35.5. The molecule has 0 saturated heterocycles. The van der Waals surface area contributed by atoms with Crippen molar-refractivity contribution in [3.8, 4) is 16.9 Å². The van der Waals surface area contributed by atoms with E-state index in [2.05, 4.69) is 4.74 Å². The van der Waals surface area contributed by atoms with Gasteiger partial charge in [-0.3, -0.25) is 0 Å². The minimum absolute atomic E-state index is 0.0580. The Balaban J connectivity index is 1.91. The molecule has 0 heterocycles. The molecule has 0 N–H and O–H groups in total. The van der Waals surface area contributed by atoms with Crippen LogP contribution in [0.4, 0.5) is 30.7 Å². The summed E-state index contributed by atoms with van der Waals surface area (Å²) < 4.78 is 103. The van der Waals surface area contributed by atoms with Crippen LogP contribution in [0.15, 0.2) is 42.5 Å². The Bertz CT molecular complexity index is 1110. The first-order valence-electron chi connectivity index (χ1n) is 9.03. The molecule has 0 aliphatic heterocycles. The lowest BCUT2D eigenvalue weighted by atomic mass is 10.0. The number of hydrogen-bond donors (Lipinski definition) is 0. The van der Waals surface area contributed by atoms with Crippen LogP contribution in [0.5, 0.6) is 5.75 Å². The highest BCUT2D eigenvalue weighted by Crippen LogP contribution is 2.37. The first-order chi connectivity index (χ1) is 14.5. The van der Waals surface area contributed by atoms with Gasteiger partial charge in [0.05, 0.1) is 0 Å². The highest BCUT2D eigenvalue weighted by Gasteiger charge is 2.39. The predicted octanol–water partition coefficient (Wildman–Crippen LogP) is 7.78. The van der Waals surface area contributed by atoms with Crippen LogP contribution in [0.1, 0.15) is 24.5 Å². The van der Waals surface area contributed by atoms with Gasteiger partial charge in [-0.05, 0) is 47.9 Å². The molecule has 3 rings (SSSR count). The van der Waals surface area contributed by atoms with Gasteiger partial charge in [0.15, 0.2) is 11.6 Å². The maximum atomic E-state index is 14.4. The van der Waals surface area contributed by atoms with Crippen LogP contribution in [-0.2, 0) is 12.5 Å². The third-order valence-corrected chi connectivity index (χ3v) is 4.84. The lowest BCUT2D eigenvalue weighted by molar-refractivity contribution is -0.187. The summed E-state index contributed by atoms with van der Waals surface area (Å²) >= 11 is 5.38. The van der Waals surface area contributed by atoms with Gasteiger partial charge < -0.3 is 4.74 Å². The van der Waals surface area contributed by atoms with Crippen LogP contribution < -0.4 is 4.74 Å². The Morgan fingerprint density at radius 1 is 0.839 bits per heavy atom. The number of benzene rings is 3. The number of hydrogen-bond acceptors (Lipinski definition) is 1. The molecule has 31 heavy (non-hydrogen) atoms. The summed E-state index contributed by atoms with van der Waals surface area (Å²) in [5, 5.41) is -0.775. The monoisotopic (exact) mass is 462 g/mol. The molecular formula is C22H14ClF7O. The predicted molar refractivity (Wildman–Crippen MR) is 102 cm³/mol. The van der Waals surface area contributed by atoms with Crippen molar-refractivity contribution in [3.05, 3.63) is 87.7 Å². The Morgan fingerprint density at radius 3 is 2.06 bits per heavy atom. The maximum Gasteiger partial charge on any atom is 0.429 e. The highest BCUT2D eigenvalue weighted by molar-refractivity contribution is 6.31. The SMILES string of the molecule is CCCc1ccc(C(F)(F)Oc2ccc(-c3cc(F)c(Cl)c(F)c3)c(F)c2)c(F)c1F. The first-order valence-corrected chi connectivity index (χ1v) is 9.41. The zero-order chi connectivity index (χ0) is 22.9. The topological polar surface area (TPSA) is 9.23 Å². The molecule has 0 bridgehead atoms. The van der Waals surface area contributed by atoms with E-state index in [9.17, 15) is 30.7 Å². The molecule has 3 aromatic rings. The second-order valence-electron chi connectivity index (χ2n) is 6.66. The number of rotatable bonds is 6. The van der Waals surface area contributed by atoms with Crippen molar-refractivity contribution in [1.29, 1.82) is 0 Å². The van der Waals surface area contributed by atoms with Gasteiger partial charge in [-0.2, -0.15) is 8.78 Å². The zero-order valence-electron chi connectivity index (χ0n) is 15.9. The zero-order valence-corrected chi connectivity index (χ0v) is 16.6. The summed E-state index contributed by atoms with van der Waals surface area (Å²) in [5.74, 6) is -7.28. The fourth-order valence-corrected chi connectivity index (χ4v) is 3.09. The van der Waals surface area contributed by atoms with E-state index in [0.29, 0.717) is 18.6 Å². The molecule has 9 heteroatoms. The summed E-state index contributed by atoms with van der Waals surface area (Å²) in [6, 6.07) is 5.66. The van der Waals surface area contributed by atoms with Gasteiger partial charge in [0.25, 0.3) is 0 Å². The molecule has 0 radical (unpaired) electrons. The fourth-order valence-electron chi connectivity index (χ4n) is 2.98. The molecular weight excluding hydrogens is 449 g/mol. The maximum absolute atomic E-state index is 14.4. The average molecular weight is 463 g/mol. The Labute approximate surface area is 178 Å². The summed E-state index contributed by atoms with van der Waals surface area (Å²) in [6.45, 7) is 1.72. The quantitative estimate of drug-likeness (QED) is 0.268. The Kier molecular flexibility index (Phi) is 6.50. The van der Waals surface area contributed by atoms with E-state index >= 15 is 0 Å². The minimum atomic E-state index is -4.32. The van der Waals surface area contributed by atoms with Crippen molar-refractivity contribution in [2.24, 2.45) is 0 Å². The van der Waals surface area contributed by atoms with Crippen LogP contribution in [0, 0.1) is 29.1 Å². The van der Waals surface area contributed by atoms with Gasteiger partial charge >= 0.3 is 6.11 Å². The first kappa shape index (κ1) is 22.9. The van der Waals surface area contributed by atoms with Gasteiger partial charge in [-0.25, -0.2) is 22.0 Å². The molecule has 0 atom stereocenters. The summed E-state index contributed by atoms with van der Waals surface area (Å²) in [7, 11) is 0. The number of halogens is 8. The van der Waals surface area contributed by atoms with Crippen LogP contribution >= 0.6 is 11.6 Å². The van der Waals surface area contributed by atoms with Crippen LogP contribution in [0.2, 0.25) is 5.02 Å². The summed E-state index contributed by atoms with van der Waals surface area (Å²) in [5.41, 5.74) is -1.95. The van der Waals surface area contributed by atoms with Gasteiger partial charge in [0.1, 0.15) is 33.8 Å². The van der Waals surface area contributed by atoms with Gasteiger partial charge in [0, 0.05) is 11.6 Å². The lowest BCUT2D eigenvalue weighted by Crippen LogP contribution is -2.24. The smallest absolute Gasteiger partial charge is 0.429 e. The summed E-state index contributed by atoms with van der Waals surface area (Å²) in [4.78, 5) is 0. The second-order valence-corrected chi connectivity index (χ2v) is 7.04. The molecule has 3 aromatic carbocycles. The normalized spacial score (nSPS) is 11.6. The van der Waals surface area contributed by atoms with Crippen molar-refractivity contribution in [3.63, 3.8) is 0 Å². The fraction of sp³-hybridized carbons (Fsp3) is 0.182. The van der Waals surface area contributed by atoms with E-state index in [1.807, 2.05) is 0 Å². The standard InChI is InChI=1S/C22H14ClF7O/c1-2-3-11-4-7-15(21(28)20(11)27)22(29,30)31-13-5-6-14(16(24)10-13)12-8-17(25)19(23)18(26)9-12/h4-10H,2-3H2,1H3. The van der Waals surface area contributed by atoms with Gasteiger partial charge in [-0.1, -0.05) is 31.0 Å². The Morgan fingerprint density at radius 2 is 1.48 bits per heavy atom. The molecule has 0 aliphatic rings. The summed E-state index contributed by atoms with van der Waals surface area (Å²) in [6.07, 6.45) is -3.67. The van der Waals surface area contributed by atoms with E-state index in [-0.39, 0.29) is 23.1 Å². The van der Waals surface area contributed by atoms with Crippen molar-refractivity contribution in [2.75, 3.05) is 0 Å². The minimum Gasteiger partial charge on any atom is -0.429 e. The number of ether oxygens (including phenoxy) is 1. The van der Waals surface area contributed by atoms with Crippen LogP contribution in [0.25, 0.3) is 11.1 Å². The lowest BCUT2D eigenvalue weighted by Gasteiger charge is -2.20. The second kappa shape index (κ2) is 8.78. The van der Waals surface area contributed by atoms with E-state index in [1.165, 1.54) is 0 Å². The van der Waals surface area contributed by atoms with Crippen LogP contribution in [0.3, 0.4) is 0 Å². The van der Waals surface area contributed by atoms with Crippen LogP contribution in [-0.4, -0.2) is 0 Å². The largest absolute Gasteiger partial charge is 0.429 e. The molecule has 0 spiro atoms. The molecule has 0 aliphatic carbocycles. The van der Waals surface area contributed by atoms with E-state index in [1.54, 1.807) is 6.92 Å². The van der Waals surface area contributed by atoms with Gasteiger partial charge in [0.2, 0.25) is 0 Å². The third kappa shape index (κ3) is 4.63. The van der Waals surface area contributed by atoms with Crippen molar-refractivity contribution in [1.82, 2.24) is 0 Å². The van der Waals surface area contributed by atoms with Gasteiger partial charge in [-0.15, -0.1) is 0 Å².